The molecule has 568 valence electrons. The number of carbonyl (C=O) groups is 7. The molecular weight excluding hydrogens is 1390 g/mol. The lowest BCUT2D eigenvalue weighted by Gasteiger charge is -2.52. The average Bonchev–Trinajstić information content (AvgIpc) is 1.69. The third-order valence-corrected chi connectivity index (χ3v) is 18.6. The molecule has 27 nitrogen and oxygen atoms in total. The SMILES string of the molecule is C=CCO[C@H]1O[C@@H]2CO[C@@H](c3ccccc3)O[C@@H]2[C@H](OCc2ccccc2)[C@H]1O[C@H]1O[C@H](CO[C@@H]2O[C@H](COC(C)=O)[C@H](OC(C)=O)[C@H](O[C@@H]3O[C@@H](C)[C@H](OC(C)=O)[C@@H](OC(C)=O)[C@H]3OC(C)=O)[C@H]2N2C(=O)c3ccccc3C2=O)[C@H](OCc2ccccc2)[C@H](OCc2ccccc2)[C@H]1OCc1ccccc1. The Morgan fingerprint density at radius 1 is 0.421 bits per heavy atom. The van der Waals surface area contributed by atoms with Crippen LogP contribution in [0.4, 0.5) is 0 Å². The van der Waals surface area contributed by atoms with E-state index in [-0.39, 0.29) is 50.8 Å². The Bertz CT molecular complexity index is 3920. The van der Waals surface area contributed by atoms with Gasteiger partial charge in [-0.15, -0.1) is 6.58 Å². The molecule has 5 fully saturated rings. The van der Waals surface area contributed by atoms with Crippen LogP contribution < -0.4 is 0 Å². The summed E-state index contributed by atoms with van der Waals surface area (Å²) in [6.07, 6.45) is -26.4. The maximum absolute atomic E-state index is 15.4. The van der Waals surface area contributed by atoms with Crippen LogP contribution in [0, 0.1) is 0 Å². The first-order valence-electron chi connectivity index (χ1n) is 35.4. The number of fused-ring (bicyclic) bond motifs is 2. The maximum Gasteiger partial charge on any atom is 0.303 e. The van der Waals surface area contributed by atoms with Crippen LogP contribution in [-0.4, -0.2) is 196 Å². The second-order valence-electron chi connectivity index (χ2n) is 26.3. The van der Waals surface area contributed by atoms with Crippen molar-refractivity contribution >= 4 is 41.7 Å². The maximum atomic E-state index is 15.4. The van der Waals surface area contributed by atoms with Crippen LogP contribution in [0.5, 0.6) is 0 Å². The van der Waals surface area contributed by atoms with E-state index in [2.05, 4.69) is 6.58 Å². The number of imide groups is 1. The number of rotatable bonds is 30. The van der Waals surface area contributed by atoms with Gasteiger partial charge in [0.2, 0.25) is 0 Å². The number of ether oxygens (including phenoxy) is 19. The van der Waals surface area contributed by atoms with Gasteiger partial charge in [-0.05, 0) is 41.3 Å². The molecule has 0 aromatic heterocycles. The summed E-state index contributed by atoms with van der Waals surface area (Å²) in [4.78, 5) is 97.3. The van der Waals surface area contributed by atoms with E-state index in [9.17, 15) is 24.0 Å². The van der Waals surface area contributed by atoms with E-state index in [0.717, 1.165) is 67.3 Å². The molecule has 27 heteroatoms. The van der Waals surface area contributed by atoms with Crippen molar-refractivity contribution in [3.8, 4) is 0 Å². The van der Waals surface area contributed by atoms with Gasteiger partial charge in [0.25, 0.3) is 11.8 Å². The molecule has 6 aliphatic heterocycles. The Morgan fingerprint density at radius 3 is 1.40 bits per heavy atom. The first kappa shape index (κ1) is 77.6. The highest BCUT2D eigenvalue weighted by Gasteiger charge is 2.62. The fourth-order valence-corrected chi connectivity index (χ4v) is 13.9. The number of hydrogen-bond acceptors (Lipinski definition) is 26. The van der Waals surface area contributed by atoms with Crippen LogP contribution in [0.1, 0.15) is 96.4 Å². The Labute approximate surface area is 618 Å². The summed E-state index contributed by atoms with van der Waals surface area (Å²) in [7, 11) is 0. The van der Waals surface area contributed by atoms with Crippen molar-refractivity contribution < 1.29 is 124 Å². The minimum absolute atomic E-state index is 0.0230. The molecule has 6 aromatic carbocycles. The highest BCUT2D eigenvalue weighted by molar-refractivity contribution is 6.21. The van der Waals surface area contributed by atoms with Crippen molar-refractivity contribution in [2.24, 2.45) is 0 Å². The number of benzene rings is 6. The smallest absolute Gasteiger partial charge is 0.303 e. The van der Waals surface area contributed by atoms with Crippen molar-refractivity contribution in [2.45, 2.75) is 197 Å². The monoisotopic (exact) mass is 1480 g/mol. The van der Waals surface area contributed by atoms with Crippen molar-refractivity contribution in [3.63, 3.8) is 0 Å². The molecular formula is C80H87NO26. The lowest BCUT2D eigenvalue weighted by atomic mass is 9.93. The van der Waals surface area contributed by atoms with Gasteiger partial charge in [0.15, 0.2) is 55.9 Å². The molecule has 0 aliphatic carbocycles. The Balaban J connectivity index is 1.000. The van der Waals surface area contributed by atoms with E-state index in [1.54, 1.807) is 18.2 Å². The van der Waals surface area contributed by atoms with E-state index in [4.69, 9.17) is 90.0 Å². The van der Waals surface area contributed by atoms with E-state index in [1.165, 1.54) is 19.1 Å². The lowest BCUT2D eigenvalue weighted by molar-refractivity contribution is -0.403. The van der Waals surface area contributed by atoms with Gasteiger partial charge in [0.1, 0.15) is 73.7 Å². The molecule has 0 spiro atoms. The van der Waals surface area contributed by atoms with Crippen LogP contribution in [0.2, 0.25) is 0 Å². The number of carbonyl (C=O) groups excluding carboxylic acids is 7. The number of amides is 2. The zero-order valence-corrected chi connectivity index (χ0v) is 59.9. The molecule has 0 saturated carbocycles. The molecule has 0 bridgehead atoms. The third kappa shape index (κ3) is 19.3. The molecule has 107 heavy (non-hydrogen) atoms. The molecule has 2 amide bonds. The number of hydrogen-bond donors (Lipinski definition) is 0. The summed E-state index contributed by atoms with van der Waals surface area (Å²) in [6, 6.07) is 51.2. The van der Waals surface area contributed by atoms with Crippen LogP contribution in [0.3, 0.4) is 0 Å². The molecule has 0 radical (unpaired) electrons. The van der Waals surface area contributed by atoms with Crippen LogP contribution in [0.15, 0.2) is 189 Å². The molecule has 6 aromatic rings. The summed E-state index contributed by atoms with van der Waals surface area (Å²) in [6.45, 7) is 9.53. The van der Waals surface area contributed by atoms with E-state index in [0.29, 0.717) is 0 Å². The summed E-state index contributed by atoms with van der Waals surface area (Å²) in [5, 5.41) is 0. The van der Waals surface area contributed by atoms with Gasteiger partial charge in [0, 0.05) is 40.2 Å². The number of esters is 5. The second kappa shape index (κ2) is 36.7. The number of nitrogens with zero attached hydrogens (tertiary/aromatic N) is 1. The predicted molar refractivity (Wildman–Crippen MR) is 372 cm³/mol. The Kier molecular flexibility index (Phi) is 26.6. The quantitative estimate of drug-likeness (QED) is 0.0177. The van der Waals surface area contributed by atoms with Gasteiger partial charge in [-0.2, -0.15) is 0 Å². The van der Waals surface area contributed by atoms with Crippen LogP contribution in [-0.2, 0) is 140 Å². The fourth-order valence-electron chi connectivity index (χ4n) is 13.9. The van der Waals surface area contributed by atoms with E-state index >= 15 is 9.59 Å². The van der Waals surface area contributed by atoms with E-state index in [1.807, 2.05) is 152 Å². The van der Waals surface area contributed by atoms with Crippen molar-refractivity contribution in [3.05, 3.63) is 228 Å². The van der Waals surface area contributed by atoms with E-state index < -0.39 is 184 Å². The average molecular weight is 1480 g/mol. The third-order valence-electron chi connectivity index (χ3n) is 18.6. The first-order valence-corrected chi connectivity index (χ1v) is 35.4. The molecule has 6 heterocycles. The predicted octanol–water partition coefficient (Wildman–Crippen LogP) is 8.31. The Morgan fingerprint density at radius 2 is 0.869 bits per heavy atom. The summed E-state index contributed by atoms with van der Waals surface area (Å²) < 4.78 is 127. The van der Waals surface area contributed by atoms with Crippen molar-refractivity contribution in [2.75, 3.05) is 26.4 Å². The van der Waals surface area contributed by atoms with Crippen LogP contribution >= 0.6 is 0 Å². The largest absolute Gasteiger partial charge is 0.463 e. The van der Waals surface area contributed by atoms with Gasteiger partial charge in [-0.1, -0.05) is 170 Å². The highest BCUT2D eigenvalue weighted by atomic mass is 16.8. The molecule has 12 rings (SSSR count). The molecule has 21 atom stereocenters. The highest BCUT2D eigenvalue weighted by Crippen LogP contribution is 2.43. The van der Waals surface area contributed by atoms with Gasteiger partial charge >= 0.3 is 29.8 Å². The zero-order chi connectivity index (χ0) is 75.1. The van der Waals surface area contributed by atoms with Gasteiger partial charge in [-0.3, -0.25) is 38.5 Å². The summed E-state index contributed by atoms with van der Waals surface area (Å²) in [5.41, 5.74) is 3.72. The fraction of sp³-hybridized carbons (Fsp3) is 0.438. The Hall–Kier alpha value is -9.01. The normalized spacial score (nSPS) is 30.4. The van der Waals surface area contributed by atoms with Crippen molar-refractivity contribution in [1.29, 1.82) is 0 Å². The topological polar surface area (TPSA) is 298 Å². The standard InChI is InChI=1S/C80H87NO26/c1-8-38-89-78-72(69(93-41-54-30-18-11-19-31-54)66-61(103-78)45-95-76(105-66)56-34-22-13-23-35-56)107-79-71(94-42-55-32-20-12-21-33-55)68(92-40-53-28-16-10-17-29-53)64(91-39-52-26-14-9-15-27-52)59(104-79)44-96-77-62(81-74(87)57-36-24-25-37-58(57)75(81)88)67(65(99-49(5)84)60(102-77)43-90-47(3)82)106-80-73(101-51(7)86)70(100-50(6)85)63(46(2)97-80)98-48(4)83/h8-37,46,59-73,76-80H,1,38-45H2,2-7H3/t46-,59+,60+,61+,62+,63-,64-,65-,66-,67+,68-,69-,70+,71+,72+,73+,76+,77+,78-,79+,80-/m0/s1. The van der Waals surface area contributed by atoms with Gasteiger partial charge in [-0.25, -0.2) is 0 Å². The molecule has 5 saturated heterocycles. The summed E-state index contributed by atoms with van der Waals surface area (Å²) >= 11 is 0. The minimum Gasteiger partial charge on any atom is -0.463 e. The van der Waals surface area contributed by atoms with Crippen LogP contribution in [0.25, 0.3) is 0 Å². The van der Waals surface area contributed by atoms with Crippen molar-refractivity contribution in [1.82, 2.24) is 4.90 Å². The minimum atomic E-state index is -1.94. The summed E-state index contributed by atoms with van der Waals surface area (Å²) in [5.74, 6) is -6.19. The molecule has 0 unspecified atom stereocenters. The molecule has 0 N–H and O–H groups in total. The second-order valence-corrected chi connectivity index (χ2v) is 26.3. The lowest BCUT2D eigenvalue weighted by Crippen LogP contribution is -2.70. The van der Waals surface area contributed by atoms with Gasteiger partial charge < -0.3 is 90.0 Å². The first-order chi connectivity index (χ1) is 51.9. The molecule has 6 aliphatic rings. The zero-order valence-electron chi connectivity index (χ0n) is 59.9. The van der Waals surface area contributed by atoms with Gasteiger partial charge in [0.05, 0.1) is 63.5 Å².